The highest BCUT2D eigenvalue weighted by atomic mass is 19.1. The highest BCUT2D eigenvalue weighted by Gasteiger charge is 2.05. The molecule has 0 aliphatic heterocycles. The van der Waals surface area contributed by atoms with E-state index in [1.807, 2.05) is 13.0 Å². The molecule has 1 aromatic carbocycles. The summed E-state index contributed by atoms with van der Waals surface area (Å²) in [5.41, 5.74) is 2.69. The summed E-state index contributed by atoms with van der Waals surface area (Å²) in [6.45, 7) is 4.86. The lowest BCUT2D eigenvalue weighted by Crippen LogP contribution is -2.01. The minimum Gasteiger partial charge on any atom is -0.384 e. The molecule has 1 heterocycles. The monoisotopic (exact) mass is 218 g/mol. The SMILES string of the molecule is CCCNc1ccnc2c(C)cc(F)cc12. The number of pyridine rings is 1. The summed E-state index contributed by atoms with van der Waals surface area (Å²) in [4.78, 5) is 4.28. The van der Waals surface area contributed by atoms with Crippen LogP contribution < -0.4 is 5.32 Å². The third kappa shape index (κ3) is 1.98. The highest BCUT2D eigenvalue weighted by Crippen LogP contribution is 2.25. The number of nitrogens with zero attached hydrogens (tertiary/aromatic N) is 1. The lowest BCUT2D eigenvalue weighted by molar-refractivity contribution is 0.628. The minimum absolute atomic E-state index is 0.211. The van der Waals surface area contributed by atoms with Crippen molar-refractivity contribution in [3.8, 4) is 0 Å². The van der Waals surface area contributed by atoms with E-state index in [-0.39, 0.29) is 5.82 Å². The van der Waals surface area contributed by atoms with Crippen molar-refractivity contribution in [1.82, 2.24) is 4.98 Å². The van der Waals surface area contributed by atoms with Gasteiger partial charge in [0.2, 0.25) is 0 Å². The molecule has 84 valence electrons. The first-order valence-corrected chi connectivity index (χ1v) is 5.51. The van der Waals surface area contributed by atoms with Crippen molar-refractivity contribution in [2.75, 3.05) is 11.9 Å². The number of rotatable bonds is 3. The van der Waals surface area contributed by atoms with Crippen LogP contribution in [0.4, 0.5) is 10.1 Å². The molecular weight excluding hydrogens is 203 g/mol. The summed E-state index contributed by atoms with van der Waals surface area (Å²) in [5, 5.41) is 4.14. The average Bonchev–Trinajstić information content (AvgIpc) is 2.26. The van der Waals surface area contributed by atoms with Crippen molar-refractivity contribution in [3.05, 3.63) is 35.8 Å². The van der Waals surface area contributed by atoms with Gasteiger partial charge in [-0.2, -0.15) is 0 Å². The summed E-state index contributed by atoms with van der Waals surface area (Å²) in [5.74, 6) is -0.211. The molecule has 0 unspecified atom stereocenters. The zero-order chi connectivity index (χ0) is 11.5. The Kier molecular flexibility index (Phi) is 3.04. The summed E-state index contributed by atoms with van der Waals surface area (Å²) in [6.07, 6.45) is 2.79. The smallest absolute Gasteiger partial charge is 0.124 e. The van der Waals surface area contributed by atoms with Gasteiger partial charge >= 0.3 is 0 Å². The first-order valence-electron chi connectivity index (χ1n) is 5.51. The van der Waals surface area contributed by atoms with Gasteiger partial charge in [-0.1, -0.05) is 6.92 Å². The maximum Gasteiger partial charge on any atom is 0.124 e. The van der Waals surface area contributed by atoms with Crippen LogP contribution in [0.5, 0.6) is 0 Å². The zero-order valence-corrected chi connectivity index (χ0v) is 9.55. The Morgan fingerprint density at radius 1 is 1.38 bits per heavy atom. The second kappa shape index (κ2) is 4.47. The number of anilines is 1. The number of aryl methyl sites for hydroxylation is 1. The molecule has 0 radical (unpaired) electrons. The summed E-state index contributed by atoms with van der Waals surface area (Å²) < 4.78 is 13.3. The van der Waals surface area contributed by atoms with Crippen LogP contribution in [0.25, 0.3) is 10.9 Å². The number of hydrogen-bond donors (Lipinski definition) is 1. The van der Waals surface area contributed by atoms with Crippen molar-refractivity contribution in [2.24, 2.45) is 0 Å². The predicted octanol–water partition coefficient (Wildman–Crippen LogP) is 3.50. The van der Waals surface area contributed by atoms with Gasteiger partial charge in [0.25, 0.3) is 0 Å². The molecule has 1 N–H and O–H groups in total. The van der Waals surface area contributed by atoms with Crippen molar-refractivity contribution < 1.29 is 4.39 Å². The van der Waals surface area contributed by atoms with Gasteiger partial charge in [0.15, 0.2) is 0 Å². The lowest BCUT2D eigenvalue weighted by Gasteiger charge is -2.09. The van der Waals surface area contributed by atoms with Crippen LogP contribution in [0.15, 0.2) is 24.4 Å². The van der Waals surface area contributed by atoms with E-state index in [0.29, 0.717) is 0 Å². The summed E-state index contributed by atoms with van der Waals surface area (Å²) >= 11 is 0. The first-order chi connectivity index (χ1) is 7.72. The molecule has 0 saturated heterocycles. The minimum atomic E-state index is -0.211. The van der Waals surface area contributed by atoms with Gasteiger partial charge in [-0.25, -0.2) is 4.39 Å². The number of fused-ring (bicyclic) bond motifs is 1. The lowest BCUT2D eigenvalue weighted by atomic mass is 10.1. The molecule has 0 amide bonds. The van der Waals surface area contributed by atoms with Gasteiger partial charge in [-0.3, -0.25) is 4.98 Å². The second-order valence-corrected chi connectivity index (χ2v) is 3.90. The molecule has 0 aliphatic carbocycles. The van der Waals surface area contributed by atoms with E-state index in [4.69, 9.17) is 0 Å². The third-order valence-electron chi connectivity index (χ3n) is 2.57. The third-order valence-corrected chi connectivity index (χ3v) is 2.57. The van der Waals surface area contributed by atoms with E-state index in [1.54, 1.807) is 6.20 Å². The molecule has 0 fully saturated rings. The fourth-order valence-electron chi connectivity index (χ4n) is 1.80. The predicted molar refractivity (Wildman–Crippen MR) is 65.2 cm³/mol. The quantitative estimate of drug-likeness (QED) is 0.852. The van der Waals surface area contributed by atoms with Crippen molar-refractivity contribution in [2.45, 2.75) is 20.3 Å². The van der Waals surface area contributed by atoms with E-state index in [2.05, 4.69) is 17.2 Å². The van der Waals surface area contributed by atoms with Crippen LogP contribution in [0.3, 0.4) is 0 Å². The van der Waals surface area contributed by atoms with Gasteiger partial charge in [0, 0.05) is 23.8 Å². The zero-order valence-electron chi connectivity index (χ0n) is 9.55. The normalized spacial score (nSPS) is 10.7. The van der Waals surface area contributed by atoms with Gasteiger partial charge in [-0.05, 0) is 37.1 Å². The van der Waals surface area contributed by atoms with Crippen molar-refractivity contribution in [1.29, 1.82) is 0 Å². The number of benzene rings is 1. The van der Waals surface area contributed by atoms with E-state index < -0.39 is 0 Å². The van der Waals surface area contributed by atoms with Crippen LogP contribution in [0.1, 0.15) is 18.9 Å². The molecule has 3 heteroatoms. The summed E-state index contributed by atoms with van der Waals surface area (Å²) in [7, 11) is 0. The van der Waals surface area contributed by atoms with Crippen LogP contribution in [0.2, 0.25) is 0 Å². The van der Waals surface area contributed by atoms with Gasteiger partial charge in [0.1, 0.15) is 5.82 Å². The molecule has 2 rings (SSSR count). The molecular formula is C13H15FN2. The van der Waals surface area contributed by atoms with Crippen molar-refractivity contribution in [3.63, 3.8) is 0 Å². The molecule has 0 spiro atoms. The average molecular weight is 218 g/mol. The van der Waals surface area contributed by atoms with Gasteiger partial charge < -0.3 is 5.32 Å². The van der Waals surface area contributed by atoms with E-state index in [9.17, 15) is 4.39 Å². The molecule has 2 aromatic rings. The Morgan fingerprint density at radius 3 is 2.94 bits per heavy atom. The van der Waals surface area contributed by atoms with Gasteiger partial charge in [-0.15, -0.1) is 0 Å². The number of halogens is 1. The van der Waals surface area contributed by atoms with Crippen LogP contribution in [-0.4, -0.2) is 11.5 Å². The number of aromatic nitrogens is 1. The van der Waals surface area contributed by atoms with E-state index in [1.165, 1.54) is 12.1 Å². The summed E-state index contributed by atoms with van der Waals surface area (Å²) in [6, 6.07) is 4.93. The topological polar surface area (TPSA) is 24.9 Å². The van der Waals surface area contributed by atoms with E-state index in [0.717, 1.165) is 35.1 Å². The largest absolute Gasteiger partial charge is 0.384 e. The molecule has 0 atom stereocenters. The standard InChI is InChI=1S/C13H15FN2/c1-3-5-15-12-4-6-16-13-9(2)7-10(14)8-11(12)13/h4,6-8H,3,5H2,1-2H3,(H,15,16). The maximum absolute atomic E-state index is 13.3. The fourth-order valence-corrected chi connectivity index (χ4v) is 1.80. The number of nitrogens with one attached hydrogen (secondary N) is 1. The molecule has 0 aliphatic rings. The molecule has 0 saturated carbocycles. The Morgan fingerprint density at radius 2 is 2.19 bits per heavy atom. The fraction of sp³-hybridized carbons (Fsp3) is 0.308. The van der Waals surface area contributed by atoms with Gasteiger partial charge in [0.05, 0.1) is 5.52 Å². The van der Waals surface area contributed by atoms with Crippen molar-refractivity contribution >= 4 is 16.6 Å². The molecule has 16 heavy (non-hydrogen) atoms. The maximum atomic E-state index is 13.3. The van der Waals surface area contributed by atoms with E-state index >= 15 is 0 Å². The molecule has 2 nitrogen and oxygen atoms in total. The Hall–Kier alpha value is -1.64. The second-order valence-electron chi connectivity index (χ2n) is 3.90. The van der Waals surface area contributed by atoms with Crippen LogP contribution in [0, 0.1) is 12.7 Å². The Balaban J connectivity index is 2.57. The number of hydrogen-bond acceptors (Lipinski definition) is 2. The Labute approximate surface area is 94.5 Å². The molecule has 1 aromatic heterocycles. The highest BCUT2D eigenvalue weighted by molar-refractivity contribution is 5.92. The molecule has 0 bridgehead atoms. The Bertz CT molecular complexity index is 509. The van der Waals surface area contributed by atoms with Crippen LogP contribution >= 0.6 is 0 Å². The van der Waals surface area contributed by atoms with Crippen LogP contribution in [-0.2, 0) is 0 Å². The first kappa shape index (κ1) is 10.9.